The Labute approximate surface area is 110 Å². The fourth-order valence-electron chi connectivity index (χ4n) is 0.319. The average molecular weight is 418 g/mol. The zero-order valence-corrected chi connectivity index (χ0v) is 15.2. The maximum atomic E-state index is 5.02. The van der Waals surface area contributed by atoms with Gasteiger partial charge in [0.15, 0.2) is 0 Å². The summed E-state index contributed by atoms with van der Waals surface area (Å²) >= 11 is -1.64. The Morgan fingerprint density at radius 2 is 0.786 bits per heavy atom. The van der Waals surface area contributed by atoms with Crippen molar-refractivity contribution < 1.29 is 12.3 Å². The van der Waals surface area contributed by atoms with Crippen LogP contribution in [0, 0.1) is 0 Å². The van der Waals surface area contributed by atoms with Crippen LogP contribution in [0.1, 0.15) is 27.7 Å². The summed E-state index contributed by atoms with van der Waals surface area (Å²) in [4.78, 5) is 0. The first-order valence-corrected chi connectivity index (χ1v) is 9.46. The van der Waals surface area contributed by atoms with Gasteiger partial charge in [-0.15, -0.1) is 0 Å². The second kappa shape index (κ2) is 19.9. The summed E-state index contributed by atoms with van der Waals surface area (Å²) in [5.41, 5.74) is 0. The molecule has 0 atom stereocenters. The minimum atomic E-state index is -0.819. The summed E-state index contributed by atoms with van der Waals surface area (Å²) in [6, 6.07) is 0. The van der Waals surface area contributed by atoms with E-state index in [-0.39, 0.29) is 0 Å². The zero-order valence-electron chi connectivity index (χ0n) is 9.46. The number of hydrogen-bond donors (Lipinski definition) is 0. The van der Waals surface area contributed by atoms with Crippen LogP contribution in [-0.2, 0) is 12.3 Å². The summed E-state index contributed by atoms with van der Waals surface area (Å²) in [7, 11) is 0. The quantitative estimate of drug-likeness (QED) is 0.439. The van der Waals surface area contributed by atoms with Gasteiger partial charge in [0.1, 0.15) is 0 Å². The van der Waals surface area contributed by atoms with Crippen molar-refractivity contribution >= 4 is 43.9 Å². The first-order valence-electron chi connectivity index (χ1n) is 4.80. The molecular formula is C8H20O4Sn2. The topological polar surface area (TPSA) is 36.9 Å². The molecule has 84 valence electrons. The Kier molecular flexibility index (Phi) is 25.4. The molecule has 6 heteroatoms. The Bertz CT molecular complexity index is 67.7. The van der Waals surface area contributed by atoms with Gasteiger partial charge in [-0.3, -0.25) is 0 Å². The predicted molar refractivity (Wildman–Crippen MR) is 58.0 cm³/mol. The van der Waals surface area contributed by atoms with E-state index in [1.54, 1.807) is 0 Å². The van der Waals surface area contributed by atoms with E-state index < -0.39 is 43.9 Å². The van der Waals surface area contributed by atoms with Crippen molar-refractivity contribution in [2.75, 3.05) is 26.4 Å². The standard InChI is InChI=1S/4C2H5O.2Sn/c4*1-2-3;;/h4*2H2,1H3;;/q4*-1;2*+2. The fraction of sp³-hybridized carbons (Fsp3) is 1.00. The zero-order chi connectivity index (χ0) is 11.1. The Morgan fingerprint density at radius 1 is 0.571 bits per heavy atom. The molecule has 0 spiro atoms. The molecule has 0 aromatic carbocycles. The third kappa shape index (κ3) is 23.3. The van der Waals surface area contributed by atoms with Gasteiger partial charge in [-0.05, 0) is 0 Å². The van der Waals surface area contributed by atoms with Crippen molar-refractivity contribution in [1.82, 2.24) is 0 Å². The van der Waals surface area contributed by atoms with Crippen molar-refractivity contribution in [2.24, 2.45) is 0 Å². The fourth-order valence-corrected chi connectivity index (χ4v) is 2.14. The Balaban J connectivity index is 0. The average Bonchev–Trinajstić information content (AvgIpc) is 2.21. The molecule has 14 heavy (non-hydrogen) atoms. The van der Waals surface area contributed by atoms with E-state index in [1.165, 1.54) is 0 Å². The first-order chi connectivity index (χ1) is 6.83. The van der Waals surface area contributed by atoms with Crippen molar-refractivity contribution in [2.45, 2.75) is 27.7 Å². The van der Waals surface area contributed by atoms with E-state index in [4.69, 9.17) is 12.3 Å². The molecule has 0 aromatic heterocycles. The third-order valence-electron chi connectivity index (χ3n) is 0.813. The van der Waals surface area contributed by atoms with Gasteiger partial charge in [-0.25, -0.2) is 0 Å². The molecule has 0 heterocycles. The van der Waals surface area contributed by atoms with Crippen LogP contribution in [0.2, 0.25) is 0 Å². The molecule has 0 rings (SSSR count). The van der Waals surface area contributed by atoms with Gasteiger partial charge in [-0.2, -0.15) is 0 Å². The molecule has 0 bridgehead atoms. The number of rotatable bonds is 8. The van der Waals surface area contributed by atoms with E-state index in [2.05, 4.69) is 0 Å². The molecule has 0 aliphatic rings. The normalized spacial score (nSPS) is 9.43. The molecule has 4 nitrogen and oxygen atoms in total. The summed E-state index contributed by atoms with van der Waals surface area (Å²) in [6.07, 6.45) is 0. The van der Waals surface area contributed by atoms with Crippen LogP contribution in [-0.4, -0.2) is 70.4 Å². The second-order valence-electron chi connectivity index (χ2n) is 1.90. The van der Waals surface area contributed by atoms with E-state index >= 15 is 0 Å². The van der Waals surface area contributed by atoms with Crippen molar-refractivity contribution in [1.29, 1.82) is 0 Å². The molecule has 0 amide bonds. The van der Waals surface area contributed by atoms with Gasteiger partial charge in [0.25, 0.3) is 0 Å². The monoisotopic (exact) mass is 420 g/mol. The van der Waals surface area contributed by atoms with E-state index in [1.807, 2.05) is 27.7 Å². The van der Waals surface area contributed by atoms with Gasteiger partial charge in [0.05, 0.1) is 0 Å². The van der Waals surface area contributed by atoms with Gasteiger partial charge >= 0.3 is 110 Å². The maximum absolute atomic E-state index is 5.02. The van der Waals surface area contributed by atoms with E-state index in [0.29, 0.717) is 0 Å². The first kappa shape index (κ1) is 17.8. The van der Waals surface area contributed by atoms with Gasteiger partial charge in [0, 0.05) is 0 Å². The third-order valence-corrected chi connectivity index (χ3v) is 5.45. The molecule has 0 aliphatic heterocycles. The Hall–Kier alpha value is 1.44. The molecule has 4 radical (unpaired) electrons. The number of hydrogen-bond acceptors (Lipinski definition) is 4. The molecule has 0 fully saturated rings. The van der Waals surface area contributed by atoms with Crippen LogP contribution < -0.4 is 0 Å². The van der Waals surface area contributed by atoms with Crippen LogP contribution in [0.15, 0.2) is 0 Å². The molecule has 0 saturated heterocycles. The van der Waals surface area contributed by atoms with Crippen molar-refractivity contribution in [3.05, 3.63) is 0 Å². The van der Waals surface area contributed by atoms with Crippen LogP contribution in [0.4, 0.5) is 0 Å². The van der Waals surface area contributed by atoms with Gasteiger partial charge in [-0.1, -0.05) is 0 Å². The minimum absolute atomic E-state index is 0.812. The van der Waals surface area contributed by atoms with Crippen LogP contribution >= 0.6 is 0 Å². The molecule has 0 aliphatic carbocycles. The van der Waals surface area contributed by atoms with Crippen molar-refractivity contribution in [3.8, 4) is 0 Å². The summed E-state index contributed by atoms with van der Waals surface area (Å²) in [6.45, 7) is 11.2. The van der Waals surface area contributed by atoms with E-state index in [9.17, 15) is 0 Å². The predicted octanol–water partition coefficient (Wildman–Crippen LogP) is 1.19. The molecular weight excluding hydrogens is 398 g/mol. The molecule has 0 saturated carbocycles. The van der Waals surface area contributed by atoms with Crippen LogP contribution in [0.25, 0.3) is 0 Å². The second-order valence-corrected chi connectivity index (χ2v) is 6.15. The summed E-state index contributed by atoms with van der Waals surface area (Å²) in [5, 5.41) is 0. The Morgan fingerprint density at radius 3 is 0.929 bits per heavy atom. The van der Waals surface area contributed by atoms with Gasteiger partial charge in [0.2, 0.25) is 0 Å². The van der Waals surface area contributed by atoms with Gasteiger partial charge < -0.3 is 0 Å². The molecule has 0 aromatic rings. The van der Waals surface area contributed by atoms with Crippen molar-refractivity contribution in [3.63, 3.8) is 0 Å². The van der Waals surface area contributed by atoms with E-state index in [0.717, 1.165) is 26.4 Å². The van der Waals surface area contributed by atoms with Crippen LogP contribution in [0.5, 0.6) is 0 Å². The summed E-state index contributed by atoms with van der Waals surface area (Å²) in [5.74, 6) is 0. The SMILES string of the molecule is CC[O][Sn][O]CC.CC[O][Sn][O]CC. The molecule has 0 unspecified atom stereocenters. The summed E-state index contributed by atoms with van der Waals surface area (Å²) < 4.78 is 20.1. The van der Waals surface area contributed by atoms with Crippen LogP contribution in [0.3, 0.4) is 0 Å². The molecule has 0 N–H and O–H groups in total.